The second-order valence-corrected chi connectivity index (χ2v) is 1.47. The second kappa shape index (κ2) is 2.27. The number of hydrazine groups is 1. The Morgan fingerprint density at radius 1 is 1.56 bits per heavy atom. The first kappa shape index (κ1) is 5.77. The first-order valence-corrected chi connectivity index (χ1v) is 2.36. The van der Waals surface area contributed by atoms with Gasteiger partial charge in [-0.2, -0.15) is 0 Å². The van der Waals surface area contributed by atoms with Crippen molar-refractivity contribution < 1.29 is 0 Å². The Balaban J connectivity index is 3.01. The number of nitrogens with two attached hydrogens (primary N) is 2. The number of anilines is 2. The van der Waals surface area contributed by atoms with E-state index in [-0.39, 0.29) is 0 Å². The van der Waals surface area contributed by atoms with Gasteiger partial charge in [0.05, 0.1) is 6.20 Å². The van der Waals surface area contributed by atoms with Gasteiger partial charge in [-0.15, -0.1) is 0 Å². The molecule has 0 saturated heterocycles. The maximum atomic E-state index is 5.34. The molecule has 1 aromatic heterocycles. The van der Waals surface area contributed by atoms with E-state index in [0.29, 0.717) is 11.5 Å². The van der Waals surface area contributed by atoms with Crippen LogP contribution >= 0.6 is 0 Å². The summed E-state index contributed by atoms with van der Waals surface area (Å²) in [5.41, 5.74) is 8.22. The van der Waals surface area contributed by atoms with E-state index in [4.69, 9.17) is 11.6 Å². The van der Waals surface area contributed by atoms with Crippen molar-refractivity contribution in [3.05, 3.63) is 12.5 Å². The number of nitrogens with one attached hydrogen (secondary N) is 1. The molecular formula is C4H7N5. The van der Waals surface area contributed by atoms with Crippen molar-refractivity contribution in [2.45, 2.75) is 0 Å². The Labute approximate surface area is 52.1 Å². The van der Waals surface area contributed by atoms with Crippen LogP contribution in [0.3, 0.4) is 0 Å². The van der Waals surface area contributed by atoms with Crippen molar-refractivity contribution in [2.24, 2.45) is 5.84 Å². The summed E-state index contributed by atoms with van der Waals surface area (Å²) in [6.45, 7) is 0. The molecule has 0 spiro atoms. The van der Waals surface area contributed by atoms with Gasteiger partial charge in [0.25, 0.3) is 0 Å². The topological polar surface area (TPSA) is 89.8 Å². The van der Waals surface area contributed by atoms with Gasteiger partial charge in [0.2, 0.25) is 0 Å². The summed E-state index contributed by atoms with van der Waals surface area (Å²) in [4.78, 5) is 7.36. The zero-order valence-electron chi connectivity index (χ0n) is 4.70. The van der Waals surface area contributed by atoms with E-state index >= 15 is 0 Å². The van der Waals surface area contributed by atoms with Crippen LogP contribution in [0.5, 0.6) is 0 Å². The highest BCUT2D eigenvalue weighted by molar-refractivity contribution is 5.58. The lowest BCUT2D eigenvalue weighted by molar-refractivity contribution is 1.16. The van der Waals surface area contributed by atoms with Gasteiger partial charge in [-0.1, -0.05) is 0 Å². The van der Waals surface area contributed by atoms with Crippen molar-refractivity contribution in [2.75, 3.05) is 11.2 Å². The third kappa shape index (κ3) is 1.06. The average molecular weight is 125 g/mol. The summed E-state index contributed by atoms with van der Waals surface area (Å²) in [5.74, 6) is 5.39. The van der Waals surface area contributed by atoms with E-state index in [0.717, 1.165) is 0 Å². The van der Waals surface area contributed by atoms with Crippen molar-refractivity contribution >= 4 is 11.5 Å². The van der Waals surface area contributed by atoms with E-state index in [1.165, 1.54) is 12.5 Å². The van der Waals surface area contributed by atoms with Gasteiger partial charge in [-0.25, -0.2) is 9.97 Å². The minimum atomic E-state index is 0.354. The first-order chi connectivity index (χ1) is 4.34. The van der Waals surface area contributed by atoms with Gasteiger partial charge >= 0.3 is 0 Å². The van der Waals surface area contributed by atoms with Crippen LogP contribution in [-0.2, 0) is 0 Å². The Morgan fingerprint density at radius 3 is 2.78 bits per heavy atom. The maximum absolute atomic E-state index is 5.34. The lowest BCUT2D eigenvalue weighted by Crippen LogP contribution is -2.10. The van der Waals surface area contributed by atoms with E-state index in [1.54, 1.807) is 0 Å². The molecule has 0 amide bonds. The largest absolute Gasteiger partial charge is 0.382 e. The van der Waals surface area contributed by atoms with Gasteiger partial charge in [-0.05, 0) is 0 Å². The predicted molar refractivity (Wildman–Crippen MR) is 34.3 cm³/mol. The van der Waals surface area contributed by atoms with Crippen molar-refractivity contribution in [1.82, 2.24) is 9.97 Å². The molecule has 0 atom stereocenters. The van der Waals surface area contributed by atoms with Crippen LogP contribution in [-0.4, -0.2) is 9.97 Å². The summed E-state index contributed by atoms with van der Waals surface area (Å²) in [6, 6.07) is 0. The number of nitrogens with zero attached hydrogens (tertiary/aromatic N) is 2. The fourth-order valence-corrected chi connectivity index (χ4v) is 0.450. The highest BCUT2D eigenvalue weighted by Crippen LogP contribution is 2.08. The Hall–Kier alpha value is -1.36. The minimum absolute atomic E-state index is 0.354. The molecule has 9 heavy (non-hydrogen) atoms. The minimum Gasteiger partial charge on any atom is -0.382 e. The first-order valence-electron chi connectivity index (χ1n) is 2.36. The van der Waals surface area contributed by atoms with Gasteiger partial charge in [0, 0.05) is 0 Å². The number of rotatable bonds is 1. The van der Waals surface area contributed by atoms with E-state index in [9.17, 15) is 0 Å². The average Bonchev–Trinajstić information content (AvgIpc) is 1.89. The van der Waals surface area contributed by atoms with Crippen LogP contribution in [0.15, 0.2) is 12.5 Å². The summed E-state index contributed by atoms with van der Waals surface area (Å²) in [5, 5.41) is 0. The molecule has 1 heterocycles. The lowest BCUT2D eigenvalue weighted by Gasteiger charge is -1.98. The van der Waals surface area contributed by atoms with Gasteiger partial charge in [-0.3, -0.25) is 5.84 Å². The van der Waals surface area contributed by atoms with Crippen LogP contribution in [0.2, 0.25) is 0 Å². The van der Waals surface area contributed by atoms with Crippen molar-refractivity contribution in [3.63, 3.8) is 0 Å². The standard InChI is InChI=1S/C4H7N5/c5-4-3(9-6)1-7-2-8-4/h1-2,9H,6H2,(H2,5,7,8). The fraction of sp³-hybridized carbons (Fsp3) is 0. The quantitative estimate of drug-likeness (QED) is 0.342. The second-order valence-electron chi connectivity index (χ2n) is 1.47. The molecule has 0 saturated carbocycles. The smallest absolute Gasteiger partial charge is 0.151 e. The van der Waals surface area contributed by atoms with E-state index in [2.05, 4.69) is 15.4 Å². The molecule has 1 rings (SSSR count). The van der Waals surface area contributed by atoms with Crippen molar-refractivity contribution in [1.29, 1.82) is 0 Å². The summed E-state index contributed by atoms with van der Waals surface area (Å²) >= 11 is 0. The number of hydrogen-bond donors (Lipinski definition) is 3. The molecule has 48 valence electrons. The van der Waals surface area contributed by atoms with Crippen LogP contribution in [0.4, 0.5) is 11.5 Å². The molecular weight excluding hydrogens is 118 g/mol. The molecule has 0 radical (unpaired) electrons. The SMILES string of the molecule is NNc1cncnc1N. The number of aromatic nitrogens is 2. The normalized spacial score (nSPS) is 9.00. The summed E-state index contributed by atoms with van der Waals surface area (Å²) in [7, 11) is 0. The monoisotopic (exact) mass is 125 g/mol. The van der Waals surface area contributed by atoms with Crippen LogP contribution in [0.25, 0.3) is 0 Å². The molecule has 5 nitrogen and oxygen atoms in total. The molecule has 1 aromatic rings. The van der Waals surface area contributed by atoms with Crippen LogP contribution in [0, 0.1) is 0 Å². The lowest BCUT2D eigenvalue weighted by atomic mass is 10.5. The molecule has 5 heteroatoms. The number of hydrogen-bond acceptors (Lipinski definition) is 5. The highest BCUT2D eigenvalue weighted by Gasteiger charge is 1.92. The number of nitrogen functional groups attached to an aromatic ring is 2. The Bertz CT molecular complexity index is 198. The third-order valence-corrected chi connectivity index (χ3v) is 0.899. The van der Waals surface area contributed by atoms with Gasteiger partial charge in [0.15, 0.2) is 5.82 Å². The molecule has 0 aliphatic rings. The van der Waals surface area contributed by atoms with Crippen LogP contribution < -0.4 is 17.0 Å². The molecule has 0 fully saturated rings. The third-order valence-electron chi connectivity index (χ3n) is 0.899. The Kier molecular flexibility index (Phi) is 1.46. The summed E-state index contributed by atoms with van der Waals surface area (Å²) in [6.07, 6.45) is 2.86. The molecule has 5 N–H and O–H groups in total. The molecule has 0 bridgehead atoms. The summed E-state index contributed by atoms with van der Waals surface area (Å²) < 4.78 is 0. The molecule has 0 aliphatic heterocycles. The maximum Gasteiger partial charge on any atom is 0.151 e. The highest BCUT2D eigenvalue weighted by atomic mass is 15.2. The molecule has 0 unspecified atom stereocenters. The molecule has 0 aliphatic carbocycles. The zero-order chi connectivity index (χ0) is 6.69. The Morgan fingerprint density at radius 2 is 2.33 bits per heavy atom. The zero-order valence-corrected chi connectivity index (χ0v) is 4.70. The van der Waals surface area contributed by atoms with Crippen molar-refractivity contribution in [3.8, 4) is 0 Å². The van der Waals surface area contributed by atoms with Crippen LogP contribution in [0.1, 0.15) is 0 Å². The van der Waals surface area contributed by atoms with E-state index < -0.39 is 0 Å². The predicted octanol–water partition coefficient (Wildman–Crippen LogP) is -0.656. The van der Waals surface area contributed by atoms with E-state index in [1.807, 2.05) is 0 Å². The molecule has 0 aromatic carbocycles. The van der Waals surface area contributed by atoms with Gasteiger partial charge in [0.1, 0.15) is 12.0 Å². The fourth-order valence-electron chi connectivity index (χ4n) is 0.450. The van der Waals surface area contributed by atoms with Gasteiger partial charge < -0.3 is 11.2 Å².